The van der Waals surface area contributed by atoms with Crippen molar-refractivity contribution in [2.24, 2.45) is 0 Å². The lowest BCUT2D eigenvalue weighted by molar-refractivity contribution is -0.917. The lowest BCUT2D eigenvalue weighted by atomic mass is 10.1. The molecule has 0 aliphatic carbocycles. The summed E-state index contributed by atoms with van der Waals surface area (Å²) in [5.41, 5.74) is 2.70. The maximum absolute atomic E-state index is 5.43. The van der Waals surface area contributed by atoms with Crippen LogP contribution in [-0.2, 0) is 13.2 Å². The van der Waals surface area contributed by atoms with Gasteiger partial charge in [0.1, 0.15) is 6.54 Å². The van der Waals surface area contributed by atoms with Crippen molar-refractivity contribution in [2.75, 3.05) is 36.9 Å². The van der Waals surface area contributed by atoms with Gasteiger partial charge in [-0.3, -0.25) is 0 Å². The van der Waals surface area contributed by atoms with Crippen LogP contribution < -0.4 is 15.1 Å². The quantitative estimate of drug-likeness (QED) is 0.537. The average Bonchev–Trinajstić information content (AvgIpc) is 3.00. The highest BCUT2D eigenvalue weighted by Crippen LogP contribution is 2.20. The number of nitrogens with one attached hydrogen (secondary N) is 2. The average molecular weight is 391 g/mol. The van der Waals surface area contributed by atoms with E-state index in [4.69, 9.17) is 12.2 Å². The number of anilines is 2. The molecule has 26 heavy (non-hydrogen) atoms. The number of quaternary nitrogens is 1. The Morgan fingerprint density at radius 2 is 2.00 bits per heavy atom. The second-order valence-corrected chi connectivity index (χ2v) is 8.47. The third-order valence-corrected chi connectivity index (χ3v) is 5.85. The molecular formula is C19H28N5S2+. The number of hydrogen-bond donors (Lipinski definition) is 2. The first kappa shape index (κ1) is 19.1. The summed E-state index contributed by atoms with van der Waals surface area (Å²) in [7, 11) is 2.18. The summed E-state index contributed by atoms with van der Waals surface area (Å²) in [4.78, 5) is 3.85. The van der Waals surface area contributed by atoms with Gasteiger partial charge in [0.05, 0.1) is 7.05 Å². The molecule has 2 N–H and O–H groups in total. The summed E-state index contributed by atoms with van der Waals surface area (Å²) in [5.74, 6) is 0. The normalized spacial score (nSPS) is 15.7. The lowest BCUT2D eigenvalue weighted by Crippen LogP contribution is -3.07. The van der Waals surface area contributed by atoms with Crippen molar-refractivity contribution < 1.29 is 4.90 Å². The number of nitrogens with zero attached hydrogens (tertiary/aromatic N) is 3. The molecule has 1 atom stereocenters. The Morgan fingerprint density at radius 3 is 2.69 bits per heavy atom. The van der Waals surface area contributed by atoms with Gasteiger partial charge >= 0.3 is 0 Å². The van der Waals surface area contributed by atoms with Gasteiger partial charge in [-0.1, -0.05) is 29.5 Å². The van der Waals surface area contributed by atoms with Crippen molar-refractivity contribution in [3.05, 3.63) is 46.4 Å². The summed E-state index contributed by atoms with van der Waals surface area (Å²) in [6.07, 6.45) is 5.81. The molecule has 1 unspecified atom stereocenters. The SMILES string of the molecule is C=CCNc1nn(C[NH+](C)Cc2ccc(N3CCCCC3)cc2)c(=S)s1. The standard InChI is InChI=1S/C19H27N5S2/c1-3-11-20-18-21-24(19(25)26-18)15-22(2)14-16-7-9-17(10-8-16)23-12-5-4-6-13-23/h3,7-10H,1,4-6,11-15H2,2H3,(H,20,21)/p+1. The molecule has 1 aromatic carbocycles. The van der Waals surface area contributed by atoms with E-state index in [0.29, 0.717) is 6.54 Å². The van der Waals surface area contributed by atoms with Crippen LogP contribution in [0.1, 0.15) is 24.8 Å². The van der Waals surface area contributed by atoms with E-state index < -0.39 is 0 Å². The zero-order chi connectivity index (χ0) is 18.4. The van der Waals surface area contributed by atoms with Crippen molar-refractivity contribution in [2.45, 2.75) is 32.5 Å². The first-order valence-corrected chi connectivity index (χ1v) is 10.5. The molecule has 0 saturated carbocycles. The molecule has 7 heteroatoms. The summed E-state index contributed by atoms with van der Waals surface area (Å²) >= 11 is 6.94. The molecule has 1 aliphatic rings. The summed E-state index contributed by atoms with van der Waals surface area (Å²) in [6.45, 7) is 8.51. The van der Waals surface area contributed by atoms with Gasteiger partial charge in [-0.25, -0.2) is 0 Å². The van der Waals surface area contributed by atoms with E-state index in [1.54, 1.807) is 0 Å². The molecular weight excluding hydrogens is 362 g/mol. The fraction of sp³-hybridized carbons (Fsp3) is 0.474. The fourth-order valence-corrected chi connectivity index (χ4v) is 4.29. The minimum atomic E-state index is 0.703. The highest BCUT2D eigenvalue weighted by Gasteiger charge is 2.12. The van der Waals surface area contributed by atoms with Crippen molar-refractivity contribution >= 4 is 34.4 Å². The van der Waals surface area contributed by atoms with Crippen LogP contribution in [0.2, 0.25) is 0 Å². The summed E-state index contributed by atoms with van der Waals surface area (Å²) in [5, 5.41) is 8.61. The number of aromatic nitrogens is 2. The van der Waals surface area contributed by atoms with Crippen LogP contribution in [0.15, 0.2) is 36.9 Å². The van der Waals surface area contributed by atoms with Gasteiger partial charge < -0.3 is 15.1 Å². The minimum Gasteiger partial charge on any atom is -0.372 e. The molecule has 0 amide bonds. The largest absolute Gasteiger partial charge is 0.372 e. The van der Waals surface area contributed by atoms with Crippen LogP contribution in [0.4, 0.5) is 10.8 Å². The number of rotatable bonds is 8. The van der Waals surface area contributed by atoms with Crippen LogP contribution in [0, 0.1) is 3.95 Å². The van der Waals surface area contributed by atoms with E-state index in [1.165, 1.54) is 59.8 Å². The van der Waals surface area contributed by atoms with Gasteiger partial charge in [-0.2, -0.15) is 4.68 Å². The molecule has 1 saturated heterocycles. The Labute approximate surface area is 164 Å². The molecule has 2 aromatic rings. The van der Waals surface area contributed by atoms with Gasteiger partial charge in [0.15, 0.2) is 10.6 Å². The maximum Gasteiger partial charge on any atom is 0.205 e. The molecule has 0 bridgehead atoms. The first-order valence-electron chi connectivity index (χ1n) is 9.23. The van der Waals surface area contributed by atoms with Gasteiger partial charge in [0.2, 0.25) is 5.13 Å². The number of hydrogen-bond acceptors (Lipinski definition) is 5. The van der Waals surface area contributed by atoms with Crippen LogP contribution in [0.3, 0.4) is 0 Å². The van der Waals surface area contributed by atoms with Gasteiger partial charge in [-0.15, -0.1) is 11.7 Å². The molecule has 1 aromatic heterocycles. The van der Waals surface area contributed by atoms with Gasteiger partial charge in [0, 0.05) is 30.9 Å². The minimum absolute atomic E-state index is 0.703. The Balaban J connectivity index is 1.56. The molecule has 1 aliphatic heterocycles. The summed E-state index contributed by atoms with van der Waals surface area (Å²) in [6, 6.07) is 9.04. The summed E-state index contributed by atoms with van der Waals surface area (Å²) < 4.78 is 2.71. The molecule has 140 valence electrons. The van der Waals surface area contributed by atoms with Crippen molar-refractivity contribution in [1.82, 2.24) is 9.78 Å². The van der Waals surface area contributed by atoms with E-state index in [9.17, 15) is 0 Å². The van der Waals surface area contributed by atoms with Crippen LogP contribution >= 0.6 is 23.6 Å². The van der Waals surface area contributed by atoms with Crippen molar-refractivity contribution in [3.63, 3.8) is 0 Å². The second kappa shape index (κ2) is 9.30. The molecule has 0 spiro atoms. The predicted octanol–water partition coefficient (Wildman–Crippen LogP) is 2.93. The van der Waals surface area contributed by atoms with Gasteiger partial charge in [0.25, 0.3) is 0 Å². The monoisotopic (exact) mass is 390 g/mol. The third kappa shape index (κ3) is 5.16. The van der Waals surface area contributed by atoms with E-state index in [1.807, 2.05) is 10.8 Å². The van der Waals surface area contributed by atoms with Crippen LogP contribution in [-0.4, -0.2) is 36.5 Å². The van der Waals surface area contributed by atoms with Gasteiger partial charge in [-0.05, 0) is 43.6 Å². The molecule has 0 radical (unpaired) electrons. The van der Waals surface area contributed by atoms with Crippen LogP contribution in [0.5, 0.6) is 0 Å². The molecule has 2 heterocycles. The zero-order valence-electron chi connectivity index (χ0n) is 15.4. The highest BCUT2D eigenvalue weighted by molar-refractivity contribution is 7.73. The Morgan fingerprint density at radius 1 is 1.27 bits per heavy atom. The third-order valence-electron chi connectivity index (χ3n) is 4.59. The van der Waals surface area contributed by atoms with E-state index >= 15 is 0 Å². The first-order chi connectivity index (χ1) is 12.7. The Kier molecular flexibility index (Phi) is 6.82. The fourth-order valence-electron chi connectivity index (χ4n) is 3.27. The Hall–Kier alpha value is -1.70. The maximum atomic E-state index is 5.43. The topological polar surface area (TPSA) is 37.5 Å². The predicted molar refractivity (Wildman–Crippen MR) is 113 cm³/mol. The molecule has 3 rings (SSSR count). The van der Waals surface area contributed by atoms with E-state index in [0.717, 1.165) is 22.3 Å². The highest BCUT2D eigenvalue weighted by atomic mass is 32.1. The molecule has 1 fully saturated rings. The molecule has 5 nitrogen and oxygen atoms in total. The van der Waals surface area contributed by atoms with E-state index in [-0.39, 0.29) is 0 Å². The smallest absolute Gasteiger partial charge is 0.205 e. The zero-order valence-corrected chi connectivity index (χ0v) is 17.0. The van der Waals surface area contributed by atoms with E-state index in [2.05, 4.69) is 53.2 Å². The number of benzene rings is 1. The Bertz CT molecular complexity index is 759. The van der Waals surface area contributed by atoms with Crippen LogP contribution in [0.25, 0.3) is 0 Å². The lowest BCUT2D eigenvalue weighted by Gasteiger charge is -2.28. The van der Waals surface area contributed by atoms with Crippen molar-refractivity contribution in [1.29, 1.82) is 0 Å². The van der Waals surface area contributed by atoms with Crippen molar-refractivity contribution in [3.8, 4) is 0 Å². The second-order valence-electron chi connectivity index (χ2n) is 6.85. The number of piperidine rings is 1.